The van der Waals surface area contributed by atoms with Gasteiger partial charge in [-0.1, -0.05) is 28.9 Å². The molecule has 0 aliphatic carbocycles. The summed E-state index contributed by atoms with van der Waals surface area (Å²) in [7, 11) is 0. The summed E-state index contributed by atoms with van der Waals surface area (Å²) in [6.07, 6.45) is 2.45. The maximum atomic E-state index is 5.89. The standard InChI is InChI=1S/C15H19BrN2O/c1-2-17-7-8-19-14(10-17)11-18-6-5-12-3-4-13(16)9-15(12)18/h3-6,9,14H,2,7-8,10-11H2,1H3. The van der Waals surface area contributed by atoms with Gasteiger partial charge in [0.15, 0.2) is 0 Å². The first-order chi connectivity index (χ1) is 9.26. The third-order valence-corrected chi connectivity index (χ3v) is 4.30. The Bertz CT molecular complexity index is 566. The highest BCUT2D eigenvalue weighted by Crippen LogP contribution is 2.22. The number of fused-ring (bicyclic) bond motifs is 1. The van der Waals surface area contributed by atoms with E-state index < -0.39 is 0 Å². The molecule has 0 spiro atoms. The molecule has 0 N–H and O–H groups in total. The van der Waals surface area contributed by atoms with Gasteiger partial charge in [-0.3, -0.25) is 4.90 Å². The zero-order valence-corrected chi connectivity index (χ0v) is 12.8. The number of likely N-dealkylation sites (N-methyl/N-ethyl adjacent to an activating group) is 1. The Morgan fingerprint density at radius 1 is 1.37 bits per heavy atom. The molecule has 1 fully saturated rings. The van der Waals surface area contributed by atoms with Crippen LogP contribution in [0.1, 0.15) is 6.92 Å². The number of hydrogen-bond acceptors (Lipinski definition) is 2. The number of halogens is 1. The Balaban J connectivity index is 1.79. The zero-order chi connectivity index (χ0) is 13.2. The highest BCUT2D eigenvalue weighted by Gasteiger charge is 2.19. The molecule has 1 saturated heterocycles. The third kappa shape index (κ3) is 2.86. The largest absolute Gasteiger partial charge is 0.374 e. The summed E-state index contributed by atoms with van der Waals surface area (Å²) >= 11 is 3.54. The van der Waals surface area contributed by atoms with Gasteiger partial charge < -0.3 is 9.30 Å². The SMILES string of the molecule is CCN1CCOC(Cn2ccc3ccc(Br)cc32)C1. The van der Waals surface area contributed by atoms with Gasteiger partial charge in [0.25, 0.3) is 0 Å². The first kappa shape index (κ1) is 13.2. The Morgan fingerprint density at radius 3 is 3.11 bits per heavy atom. The van der Waals surface area contributed by atoms with Crippen molar-refractivity contribution >= 4 is 26.8 Å². The van der Waals surface area contributed by atoms with E-state index in [4.69, 9.17) is 4.74 Å². The number of benzene rings is 1. The molecule has 1 aromatic carbocycles. The van der Waals surface area contributed by atoms with E-state index in [-0.39, 0.29) is 0 Å². The lowest BCUT2D eigenvalue weighted by molar-refractivity contribution is -0.0337. The lowest BCUT2D eigenvalue weighted by Crippen LogP contribution is -2.43. The van der Waals surface area contributed by atoms with Crippen molar-refractivity contribution in [2.24, 2.45) is 0 Å². The molecule has 1 aromatic heterocycles. The van der Waals surface area contributed by atoms with Crippen molar-refractivity contribution in [1.29, 1.82) is 0 Å². The van der Waals surface area contributed by atoms with Gasteiger partial charge in [0, 0.05) is 29.3 Å². The fourth-order valence-corrected chi connectivity index (χ4v) is 3.06. The van der Waals surface area contributed by atoms with Crippen LogP contribution in [0.25, 0.3) is 10.9 Å². The predicted octanol–water partition coefficient (Wildman–Crippen LogP) is 3.12. The number of nitrogens with zero attached hydrogens (tertiary/aromatic N) is 2. The van der Waals surface area contributed by atoms with E-state index in [9.17, 15) is 0 Å². The first-order valence-electron chi connectivity index (χ1n) is 6.84. The van der Waals surface area contributed by atoms with Crippen molar-refractivity contribution in [3.05, 3.63) is 34.9 Å². The molecule has 102 valence electrons. The Morgan fingerprint density at radius 2 is 2.26 bits per heavy atom. The van der Waals surface area contributed by atoms with Gasteiger partial charge in [-0.25, -0.2) is 0 Å². The molecular formula is C15H19BrN2O. The van der Waals surface area contributed by atoms with Crippen LogP contribution in [-0.4, -0.2) is 41.8 Å². The lowest BCUT2D eigenvalue weighted by Gasteiger charge is -2.32. The van der Waals surface area contributed by atoms with Crippen LogP contribution in [0.2, 0.25) is 0 Å². The quantitative estimate of drug-likeness (QED) is 0.863. The minimum atomic E-state index is 0.295. The van der Waals surface area contributed by atoms with E-state index in [1.54, 1.807) is 0 Å². The summed E-state index contributed by atoms with van der Waals surface area (Å²) in [6.45, 7) is 7.19. The zero-order valence-electron chi connectivity index (χ0n) is 11.2. The highest BCUT2D eigenvalue weighted by atomic mass is 79.9. The van der Waals surface area contributed by atoms with Crippen LogP contribution in [0.5, 0.6) is 0 Å². The van der Waals surface area contributed by atoms with Gasteiger partial charge in [-0.05, 0) is 30.1 Å². The van der Waals surface area contributed by atoms with Crippen molar-refractivity contribution in [2.45, 2.75) is 19.6 Å². The number of ether oxygens (including phenoxy) is 1. The van der Waals surface area contributed by atoms with Gasteiger partial charge in [-0.15, -0.1) is 0 Å². The number of aromatic nitrogens is 1. The Labute approximate surface area is 122 Å². The molecular weight excluding hydrogens is 304 g/mol. The third-order valence-electron chi connectivity index (χ3n) is 3.81. The van der Waals surface area contributed by atoms with Gasteiger partial charge >= 0.3 is 0 Å². The van der Waals surface area contributed by atoms with Crippen LogP contribution < -0.4 is 0 Å². The molecule has 3 rings (SSSR count). The van der Waals surface area contributed by atoms with Gasteiger partial charge in [0.05, 0.1) is 19.3 Å². The van der Waals surface area contributed by atoms with Crippen molar-refractivity contribution in [2.75, 3.05) is 26.2 Å². The van der Waals surface area contributed by atoms with E-state index in [0.717, 1.165) is 37.3 Å². The smallest absolute Gasteiger partial charge is 0.0881 e. The number of hydrogen-bond donors (Lipinski definition) is 0. The van der Waals surface area contributed by atoms with E-state index in [0.29, 0.717) is 6.10 Å². The second-order valence-corrected chi connectivity index (χ2v) is 5.97. The van der Waals surface area contributed by atoms with E-state index in [1.807, 2.05) is 0 Å². The predicted molar refractivity (Wildman–Crippen MR) is 81.5 cm³/mol. The van der Waals surface area contributed by atoms with Crippen LogP contribution in [0, 0.1) is 0 Å². The molecule has 4 heteroatoms. The van der Waals surface area contributed by atoms with Crippen LogP contribution >= 0.6 is 15.9 Å². The van der Waals surface area contributed by atoms with E-state index in [1.165, 1.54) is 10.9 Å². The van der Waals surface area contributed by atoms with Crippen molar-refractivity contribution in [3.63, 3.8) is 0 Å². The monoisotopic (exact) mass is 322 g/mol. The average Bonchev–Trinajstić information content (AvgIpc) is 2.81. The highest BCUT2D eigenvalue weighted by molar-refractivity contribution is 9.10. The van der Waals surface area contributed by atoms with E-state index in [2.05, 4.69) is 62.8 Å². The Kier molecular flexibility index (Phi) is 3.91. The molecule has 1 atom stereocenters. The summed E-state index contributed by atoms with van der Waals surface area (Å²) in [5, 5.41) is 1.28. The lowest BCUT2D eigenvalue weighted by atomic mass is 10.2. The molecule has 1 unspecified atom stereocenters. The molecule has 0 amide bonds. The second kappa shape index (κ2) is 5.65. The Hall–Kier alpha value is -0.840. The van der Waals surface area contributed by atoms with Gasteiger partial charge in [0.1, 0.15) is 0 Å². The molecule has 0 radical (unpaired) electrons. The molecule has 2 aromatic rings. The summed E-state index contributed by atoms with van der Waals surface area (Å²) in [4.78, 5) is 2.45. The molecule has 3 nitrogen and oxygen atoms in total. The summed E-state index contributed by atoms with van der Waals surface area (Å²) in [6, 6.07) is 8.58. The van der Waals surface area contributed by atoms with Crippen LogP contribution in [0.3, 0.4) is 0 Å². The normalized spacial score (nSPS) is 21.1. The molecule has 0 saturated carbocycles. The van der Waals surface area contributed by atoms with E-state index >= 15 is 0 Å². The van der Waals surface area contributed by atoms with Crippen LogP contribution in [0.15, 0.2) is 34.9 Å². The fourth-order valence-electron chi connectivity index (χ4n) is 2.71. The summed E-state index contributed by atoms with van der Waals surface area (Å²) < 4.78 is 9.31. The summed E-state index contributed by atoms with van der Waals surface area (Å²) in [5.74, 6) is 0. The maximum absolute atomic E-state index is 5.89. The van der Waals surface area contributed by atoms with Crippen molar-refractivity contribution in [3.8, 4) is 0 Å². The van der Waals surface area contributed by atoms with Gasteiger partial charge in [0.2, 0.25) is 0 Å². The van der Waals surface area contributed by atoms with Gasteiger partial charge in [-0.2, -0.15) is 0 Å². The second-order valence-electron chi connectivity index (χ2n) is 5.06. The van der Waals surface area contributed by atoms with Crippen molar-refractivity contribution in [1.82, 2.24) is 9.47 Å². The van der Waals surface area contributed by atoms with Crippen LogP contribution in [-0.2, 0) is 11.3 Å². The molecule has 2 heterocycles. The minimum absolute atomic E-state index is 0.295. The van der Waals surface area contributed by atoms with Crippen LogP contribution in [0.4, 0.5) is 0 Å². The van der Waals surface area contributed by atoms with Crippen molar-refractivity contribution < 1.29 is 4.74 Å². The molecule has 1 aliphatic heterocycles. The molecule has 19 heavy (non-hydrogen) atoms. The fraction of sp³-hybridized carbons (Fsp3) is 0.467. The summed E-state index contributed by atoms with van der Waals surface area (Å²) in [5.41, 5.74) is 1.27. The number of rotatable bonds is 3. The average molecular weight is 323 g/mol. The topological polar surface area (TPSA) is 17.4 Å². The molecule has 0 bridgehead atoms. The maximum Gasteiger partial charge on any atom is 0.0881 e. The molecule has 1 aliphatic rings. The number of morpholine rings is 1. The first-order valence-corrected chi connectivity index (χ1v) is 7.64. The minimum Gasteiger partial charge on any atom is -0.374 e.